The SMILES string of the molecule is CCOc1cccc(CNc2ccc(C#N)cc2F)c1. The van der Waals surface area contributed by atoms with Crippen LogP contribution in [-0.4, -0.2) is 6.61 Å². The fraction of sp³-hybridized carbons (Fsp3) is 0.188. The molecule has 0 aromatic heterocycles. The Bertz CT molecular complexity index is 635. The molecule has 0 unspecified atom stereocenters. The van der Waals surface area contributed by atoms with Gasteiger partial charge in [-0.3, -0.25) is 0 Å². The van der Waals surface area contributed by atoms with Gasteiger partial charge in [0.15, 0.2) is 0 Å². The fourth-order valence-corrected chi connectivity index (χ4v) is 1.84. The minimum atomic E-state index is -0.426. The maximum absolute atomic E-state index is 13.7. The lowest BCUT2D eigenvalue weighted by atomic mass is 10.2. The number of hydrogen-bond donors (Lipinski definition) is 1. The van der Waals surface area contributed by atoms with Crippen LogP contribution in [0.5, 0.6) is 5.75 Å². The summed E-state index contributed by atoms with van der Waals surface area (Å²) in [4.78, 5) is 0. The summed E-state index contributed by atoms with van der Waals surface area (Å²) in [5.41, 5.74) is 1.69. The molecule has 3 nitrogen and oxygen atoms in total. The first-order valence-electron chi connectivity index (χ1n) is 6.38. The fourth-order valence-electron chi connectivity index (χ4n) is 1.84. The Balaban J connectivity index is 2.05. The molecule has 0 spiro atoms. The van der Waals surface area contributed by atoms with Crippen molar-refractivity contribution in [1.82, 2.24) is 0 Å². The predicted octanol–water partition coefficient (Wildman–Crippen LogP) is 3.71. The molecule has 4 heteroatoms. The van der Waals surface area contributed by atoms with Gasteiger partial charge in [-0.25, -0.2) is 4.39 Å². The third-order valence-corrected chi connectivity index (χ3v) is 2.79. The van der Waals surface area contributed by atoms with Crippen LogP contribution in [0.25, 0.3) is 0 Å². The van der Waals surface area contributed by atoms with Crippen LogP contribution >= 0.6 is 0 Å². The highest BCUT2D eigenvalue weighted by Gasteiger charge is 2.03. The molecule has 0 saturated heterocycles. The Morgan fingerprint density at radius 3 is 2.80 bits per heavy atom. The quantitative estimate of drug-likeness (QED) is 0.900. The monoisotopic (exact) mass is 270 g/mol. The number of nitrogens with one attached hydrogen (secondary N) is 1. The van der Waals surface area contributed by atoms with E-state index in [2.05, 4.69) is 5.32 Å². The number of halogens is 1. The largest absolute Gasteiger partial charge is 0.494 e. The van der Waals surface area contributed by atoms with Crippen LogP contribution in [0.3, 0.4) is 0 Å². The normalized spacial score (nSPS) is 9.85. The van der Waals surface area contributed by atoms with E-state index in [1.54, 1.807) is 12.1 Å². The lowest BCUT2D eigenvalue weighted by Crippen LogP contribution is -2.02. The second kappa shape index (κ2) is 6.58. The summed E-state index contributed by atoms with van der Waals surface area (Å²) in [6.45, 7) is 3.03. The predicted molar refractivity (Wildman–Crippen MR) is 76.1 cm³/mol. The molecule has 0 aliphatic carbocycles. The van der Waals surface area contributed by atoms with E-state index >= 15 is 0 Å². The second-order valence-corrected chi connectivity index (χ2v) is 4.24. The Hall–Kier alpha value is -2.54. The summed E-state index contributed by atoms with van der Waals surface area (Å²) in [5, 5.41) is 11.7. The average Bonchev–Trinajstić information content (AvgIpc) is 2.46. The summed E-state index contributed by atoms with van der Waals surface area (Å²) in [6.07, 6.45) is 0. The first-order valence-corrected chi connectivity index (χ1v) is 6.38. The van der Waals surface area contributed by atoms with Crippen LogP contribution in [0.4, 0.5) is 10.1 Å². The third-order valence-electron chi connectivity index (χ3n) is 2.79. The van der Waals surface area contributed by atoms with Gasteiger partial charge in [0, 0.05) is 6.54 Å². The minimum Gasteiger partial charge on any atom is -0.494 e. The molecular formula is C16H15FN2O. The van der Waals surface area contributed by atoms with E-state index in [0.29, 0.717) is 24.4 Å². The molecule has 0 amide bonds. The number of rotatable bonds is 5. The Morgan fingerprint density at radius 1 is 1.25 bits per heavy atom. The van der Waals surface area contributed by atoms with Gasteiger partial charge in [-0.15, -0.1) is 0 Å². The average molecular weight is 270 g/mol. The van der Waals surface area contributed by atoms with E-state index in [1.807, 2.05) is 37.3 Å². The van der Waals surface area contributed by atoms with Crippen LogP contribution in [0.15, 0.2) is 42.5 Å². The van der Waals surface area contributed by atoms with Crippen LogP contribution < -0.4 is 10.1 Å². The standard InChI is InChI=1S/C16H15FN2O/c1-2-20-14-5-3-4-13(8-14)11-19-16-7-6-12(10-18)9-15(16)17/h3-9,19H,2,11H2,1H3. The van der Waals surface area contributed by atoms with E-state index in [1.165, 1.54) is 6.07 Å². The number of nitriles is 1. The zero-order valence-corrected chi connectivity index (χ0v) is 11.2. The molecule has 1 N–H and O–H groups in total. The van der Waals surface area contributed by atoms with E-state index in [-0.39, 0.29) is 0 Å². The summed E-state index contributed by atoms with van der Waals surface area (Å²) in [6, 6.07) is 13.9. The van der Waals surface area contributed by atoms with Crippen molar-refractivity contribution >= 4 is 5.69 Å². The van der Waals surface area contributed by atoms with Gasteiger partial charge in [0.25, 0.3) is 0 Å². The van der Waals surface area contributed by atoms with Crippen molar-refractivity contribution in [3.8, 4) is 11.8 Å². The topological polar surface area (TPSA) is 45.0 Å². The first kappa shape index (κ1) is 13.9. The van der Waals surface area contributed by atoms with Gasteiger partial charge in [0.05, 0.1) is 23.9 Å². The van der Waals surface area contributed by atoms with Crippen LogP contribution in [0.2, 0.25) is 0 Å². The molecule has 0 atom stereocenters. The van der Waals surface area contributed by atoms with Crippen molar-refractivity contribution in [3.05, 3.63) is 59.4 Å². The molecule has 2 aromatic carbocycles. The van der Waals surface area contributed by atoms with Gasteiger partial charge < -0.3 is 10.1 Å². The molecule has 0 heterocycles. The van der Waals surface area contributed by atoms with E-state index in [9.17, 15) is 4.39 Å². The van der Waals surface area contributed by atoms with Gasteiger partial charge in [0.2, 0.25) is 0 Å². The molecule has 0 bridgehead atoms. The van der Waals surface area contributed by atoms with E-state index in [4.69, 9.17) is 10.00 Å². The summed E-state index contributed by atoms with van der Waals surface area (Å²) in [5.74, 6) is 0.372. The number of hydrogen-bond acceptors (Lipinski definition) is 3. The molecule has 2 aromatic rings. The van der Waals surface area contributed by atoms with Crippen molar-refractivity contribution in [3.63, 3.8) is 0 Å². The highest BCUT2D eigenvalue weighted by Crippen LogP contribution is 2.18. The Kier molecular flexibility index (Phi) is 4.56. The molecule has 20 heavy (non-hydrogen) atoms. The van der Waals surface area contributed by atoms with Crippen LogP contribution in [-0.2, 0) is 6.54 Å². The van der Waals surface area contributed by atoms with Crippen molar-refractivity contribution in [2.45, 2.75) is 13.5 Å². The number of anilines is 1. The summed E-state index contributed by atoms with van der Waals surface area (Å²) in [7, 11) is 0. The van der Waals surface area contributed by atoms with Gasteiger partial charge in [0.1, 0.15) is 11.6 Å². The number of benzene rings is 2. The van der Waals surface area contributed by atoms with Crippen LogP contribution in [0, 0.1) is 17.1 Å². The smallest absolute Gasteiger partial charge is 0.147 e. The molecule has 0 saturated carbocycles. The molecule has 0 radical (unpaired) electrons. The molecule has 0 aliphatic heterocycles. The molecular weight excluding hydrogens is 255 g/mol. The van der Waals surface area contributed by atoms with Gasteiger partial charge >= 0.3 is 0 Å². The zero-order chi connectivity index (χ0) is 14.4. The van der Waals surface area contributed by atoms with E-state index in [0.717, 1.165) is 11.3 Å². The summed E-state index contributed by atoms with van der Waals surface area (Å²) >= 11 is 0. The van der Waals surface area contributed by atoms with Crippen LogP contribution in [0.1, 0.15) is 18.1 Å². The number of ether oxygens (including phenoxy) is 1. The minimum absolute atomic E-state index is 0.311. The maximum Gasteiger partial charge on any atom is 0.147 e. The van der Waals surface area contributed by atoms with Gasteiger partial charge in [-0.05, 0) is 42.8 Å². The lowest BCUT2D eigenvalue weighted by Gasteiger charge is -2.09. The molecule has 2 rings (SSSR count). The second-order valence-electron chi connectivity index (χ2n) is 4.24. The Labute approximate surface area is 117 Å². The summed E-state index contributed by atoms with van der Waals surface area (Å²) < 4.78 is 19.1. The Morgan fingerprint density at radius 2 is 2.10 bits per heavy atom. The van der Waals surface area contributed by atoms with Crippen molar-refractivity contribution in [2.75, 3.05) is 11.9 Å². The third kappa shape index (κ3) is 3.48. The van der Waals surface area contributed by atoms with E-state index < -0.39 is 5.82 Å². The first-order chi connectivity index (χ1) is 9.72. The number of nitrogens with zero attached hydrogens (tertiary/aromatic N) is 1. The van der Waals surface area contributed by atoms with Gasteiger partial charge in [-0.1, -0.05) is 12.1 Å². The zero-order valence-electron chi connectivity index (χ0n) is 11.2. The molecule has 102 valence electrons. The van der Waals surface area contributed by atoms with Crippen molar-refractivity contribution < 1.29 is 9.13 Å². The lowest BCUT2D eigenvalue weighted by molar-refractivity contribution is 0.340. The van der Waals surface area contributed by atoms with Crippen molar-refractivity contribution in [1.29, 1.82) is 5.26 Å². The van der Waals surface area contributed by atoms with Crippen molar-refractivity contribution in [2.24, 2.45) is 0 Å². The highest BCUT2D eigenvalue weighted by atomic mass is 19.1. The maximum atomic E-state index is 13.7. The highest BCUT2D eigenvalue weighted by molar-refractivity contribution is 5.49. The molecule has 0 fully saturated rings. The van der Waals surface area contributed by atoms with Gasteiger partial charge in [-0.2, -0.15) is 5.26 Å². The molecule has 0 aliphatic rings.